The highest BCUT2D eigenvalue weighted by Crippen LogP contribution is 2.27. The molecule has 0 spiro atoms. The number of nitrogens with zero attached hydrogens (tertiary/aromatic N) is 2. The van der Waals surface area contributed by atoms with Gasteiger partial charge in [-0.1, -0.05) is 50.6 Å². The zero-order chi connectivity index (χ0) is 30.9. The lowest BCUT2D eigenvalue weighted by molar-refractivity contribution is -0.140. The number of nitrogens with one attached hydrogen (secondary N) is 1. The van der Waals surface area contributed by atoms with Gasteiger partial charge in [-0.3, -0.25) is 13.9 Å². The van der Waals surface area contributed by atoms with Crippen LogP contribution in [0.25, 0.3) is 0 Å². The monoisotopic (exact) mass is 597 g/mol. The molecule has 0 bridgehead atoms. The van der Waals surface area contributed by atoms with Crippen molar-refractivity contribution in [3.05, 3.63) is 89.7 Å². The summed E-state index contributed by atoms with van der Waals surface area (Å²) in [5, 5.41) is 2.91. The van der Waals surface area contributed by atoms with Gasteiger partial charge in [0.05, 0.1) is 17.2 Å². The fourth-order valence-electron chi connectivity index (χ4n) is 4.37. The average Bonchev–Trinajstić information content (AvgIpc) is 2.96. The predicted octanol–water partition coefficient (Wildman–Crippen LogP) is 5.31. The molecular weight excluding hydrogens is 557 g/mol. The Morgan fingerprint density at radius 1 is 0.929 bits per heavy atom. The van der Waals surface area contributed by atoms with Gasteiger partial charge in [-0.15, -0.1) is 0 Å². The van der Waals surface area contributed by atoms with Crippen LogP contribution in [0.2, 0.25) is 0 Å². The second-order valence-corrected chi connectivity index (χ2v) is 12.3. The fraction of sp³-hybridized carbons (Fsp3) is 0.375. The lowest BCUT2D eigenvalue weighted by Gasteiger charge is -2.33. The number of carbonyl (C=O) groups is 2. The van der Waals surface area contributed by atoms with E-state index in [1.165, 1.54) is 4.90 Å². The van der Waals surface area contributed by atoms with Gasteiger partial charge in [0.1, 0.15) is 24.2 Å². The molecule has 0 aliphatic carbocycles. The van der Waals surface area contributed by atoms with Gasteiger partial charge in [0.2, 0.25) is 11.8 Å². The first-order valence-electron chi connectivity index (χ1n) is 14.1. The number of hydrogen-bond donors (Lipinski definition) is 1. The zero-order valence-corrected chi connectivity index (χ0v) is 25.7. The number of halogens is 1. The van der Waals surface area contributed by atoms with Gasteiger partial charge >= 0.3 is 0 Å². The Kier molecular flexibility index (Phi) is 11.5. The number of rotatable bonds is 14. The summed E-state index contributed by atoms with van der Waals surface area (Å²) in [5.74, 6) is -0.688. The van der Waals surface area contributed by atoms with E-state index in [1.54, 1.807) is 24.3 Å². The molecule has 0 heterocycles. The third kappa shape index (κ3) is 8.55. The molecule has 226 valence electrons. The summed E-state index contributed by atoms with van der Waals surface area (Å²) in [7, 11) is -4.30. The van der Waals surface area contributed by atoms with E-state index >= 15 is 0 Å². The van der Waals surface area contributed by atoms with Crippen LogP contribution >= 0.6 is 0 Å². The van der Waals surface area contributed by atoms with Crippen molar-refractivity contribution in [3.63, 3.8) is 0 Å². The lowest BCUT2D eigenvalue weighted by atomic mass is 10.1. The molecule has 2 amide bonds. The number of sulfonamides is 1. The van der Waals surface area contributed by atoms with Gasteiger partial charge < -0.3 is 15.0 Å². The Balaban J connectivity index is 2.04. The normalized spacial score (nSPS) is 12.1. The molecule has 1 N–H and O–H groups in total. The number of carbonyl (C=O) groups excluding carboxylic acids is 2. The molecule has 0 fully saturated rings. The summed E-state index contributed by atoms with van der Waals surface area (Å²) < 4.78 is 47.9. The first-order chi connectivity index (χ1) is 20.0. The van der Waals surface area contributed by atoms with Crippen LogP contribution in [0.5, 0.6) is 5.75 Å². The zero-order valence-electron chi connectivity index (χ0n) is 24.8. The predicted molar refractivity (Wildman–Crippen MR) is 162 cm³/mol. The fourth-order valence-corrected chi connectivity index (χ4v) is 5.78. The van der Waals surface area contributed by atoms with Crippen LogP contribution in [0.4, 0.5) is 10.1 Å². The molecule has 3 rings (SSSR count). The third-order valence-electron chi connectivity index (χ3n) is 6.66. The van der Waals surface area contributed by atoms with Gasteiger partial charge in [0, 0.05) is 13.1 Å². The molecule has 0 radical (unpaired) electrons. The van der Waals surface area contributed by atoms with Gasteiger partial charge in [-0.05, 0) is 80.3 Å². The SMILES string of the molecule is CCOc1ccc(N(CC(=O)N(Cc2ccc(C)cc2)[C@@H](CC)C(=O)NCC(C)C)S(=O)(=O)c2ccc(F)cc2)cc1. The first-order valence-corrected chi connectivity index (χ1v) is 15.5. The minimum absolute atomic E-state index is 0.112. The summed E-state index contributed by atoms with van der Waals surface area (Å²) >= 11 is 0. The van der Waals surface area contributed by atoms with E-state index < -0.39 is 34.3 Å². The number of hydrogen-bond acceptors (Lipinski definition) is 5. The topological polar surface area (TPSA) is 96.0 Å². The van der Waals surface area contributed by atoms with Gasteiger partial charge in [0.25, 0.3) is 10.0 Å². The Labute approximate surface area is 248 Å². The largest absolute Gasteiger partial charge is 0.494 e. The Bertz CT molecular complexity index is 1430. The number of aryl methyl sites for hydroxylation is 1. The maximum absolute atomic E-state index is 14.1. The molecule has 0 saturated carbocycles. The van der Waals surface area contributed by atoms with Crippen LogP contribution in [0, 0.1) is 18.7 Å². The third-order valence-corrected chi connectivity index (χ3v) is 8.45. The second-order valence-electron chi connectivity index (χ2n) is 10.5. The maximum Gasteiger partial charge on any atom is 0.264 e. The van der Waals surface area contributed by atoms with E-state index in [9.17, 15) is 22.4 Å². The minimum atomic E-state index is -4.30. The number of anilines is 1. The van der Waals surface area contributed by atoms with Crippen molar-refractivity contribution < 1.29 is 27.1 Å². The quantitative estimate of drug-likeness (QED) is 0.272. The summed E-state index contributed by atoms with van der Waals surface area (Å²) in [6, 6.07) is 17.6. The Morgan fingerprint density at radius 2 is 1.55 bits per heavy atom. The minimum Gasteiger partial charge on any atom is -0.494 e. The number of ether oxygens (including phenoxy) is 1. The van der Waals surface area contributed by atoms with E-state index in [-0.39, 0.29) is 29.0 Å². The Morgan fingerprint density at radius 3 is 2.10 bits per heavy atom. The lowest BCUT2D eigenvalue weighted by Crippen LogP contribution is -2.52. The van der Waals surface area contributed by atoms with Crippen molar-refractivity contribution in [1.82, 2.24) is 10.2 Å². The van der Waals surface area contributed by atoms with E-state index in [1.807, 2.05) is 58.9 Å². The van der Waals surface area contributed by atoms with Crippen molar-refractivity contribution in [2.75, 3.05) is 24.0 Å². The molecule has 42 heavy (non-hydrogen) atoms. The van der Waals surface area contributed by atoms with Crippen molar-refractivity contribution in [2.24, 2.45) is 5.92 Å². The summed E-state index contributed by atoms with van der Waals surface area (Å²) in [5.41, 5.74) is 2.08. The highest BCUT2D eigenvalue weighted by Gasteiger charge is 2.33. The van der Waals surface area contributed by atoms with Crippen molar-refractivity contribution in [2.45, 2.75) is 58.5 Å². The Hall–Kier alpha value is -3.92. The van der Waals surface area contributed by atoms with Crippen LogP contribution < -0.4 is 14.4 Å². The van der Waals surface area contributed by atoms with Crippen LogP contribution in [0.1, 0.15) is 45.2 Å². The first kappa shape index (κ1) is 32.6. The molecule has 1 atom stereocenters. The number of amides is 2. The second kappa shape index (κ2) is 14.8. The van der Waals surface area contributed by atoms with E-state index in [2.05, 4.69) is 5.32 Å². The standard InChI is InChI=1S/C32H40FN3O5S/c1-6-30(32(38)34-20-23(3)4)35(21-25-10-8-24(5)9-11-25)31(37)22-36(27-14-16-28(17-15-27)41-7-2)42(39,40)29-18-12-26(33)13-19-29/h8-19,23,30H,6-7,20-22H2,1-5H3,(H,34,38)/t30-/m0/s1. The molecule has 0 aromatic heterocycles. The van der Waals surface area contributed by atoms with Crippen LogP contribution in [-0.4, -0.2) is 50.9 Å². The van der Waals surface area contributed by atoms with Gasteiger partial charge in [0.15, 0.2) is 0 Å². The van der Waals surface area contributed by atoms with E-state index in [0.717, 1.165) is 39.7 Å². The highest BCUT2D eigenvalue weighted by molar-refractivity contribution is 7.92. The molecule has 3 aromatic carbocycles. The highest BCUT2D eigenvalue weighted by atomic mass is 32.2. The molecule has 0 aliphatic rings. The molecule has 0 unspecified atom stereocenters. The number of benzene rings is 3. The summed E-state index contributed by atoms with van der Waals surface area (Å²) in [6.45, 7) is 9.97. The summed E-state index contributed by atoms with van der Waals surface area (Å²) in [4.78, 5) is 28.6. The molecular formula is C32H40FN3O5S. The molecule has 8 nitrogen and oxygen atoms in total. The van der Waals surface area contributed by atoms with Crippen LogP contribution in [-0.2, 0) is 26.2 Å². The maximum atomic E-state index is 14.1. The van der Waals surface area contributed by atoms with E-state index in [0.29, 0.717) is 25.3 Å². The van der Waals surface area contributed by atoms with Crippen molar-refractivity contribution >= 4 is 27.5 Å². The van der Waals surface area contributed by atoms with Gasteiger partial charge in [-0.2, -0.15) is 0 Å². The molecule has 0 aliphatic heterocycles. The summed E-state index contributed by atoms with van der Waals surface area (Å²) in [6.07, 6.45) is 0.329. The van der Waals surface area contributed by atoms with Crippen LogP contribution in [0.15, 0.2) is 77.7 Å². The molecule has 10 heteroatoms. The molecule has 0 saturated heterocycles. The van der Waals surface area contributed by atoms with Gasteiger partial charge in [-0.25, -0.2) is 12.8 Å². The smallest absolute Gasteiger partial charge is 0.264 e. The average molecular weight is 598 g/mol. The van der Waals surface area contributed by atoms with Crippen molar-refractivity contribution in [3.8, 4) is 5.75 Å². The van der Waals surface area contributed by atoms with Crippen molar-refractivity contribution in [1.29, 1.82) is 0 Å². The van der Waals surface area contributed by atoms with Crippen LogP contribution in [0.3, 0.4) is 0 Å². The molecule has 3 aromatic rings. The van der Waals surface area contributed by atoms with E-state index in [4.69, 9.17) is 4.74 Å².